The Kier molecular flexibility index (Phi) is 4.08. The van der Waals surface area contributed by atoms with Crippen molar-refractivity contribution in [3.63, 3.8) is 0 Å². The van der Waals surface area contributed by atoms with Gasteiger partial charge in [-0.15, -0.1) is 0 Å². The highest BCUT2D eigenvalue weighted by Crippen LogP contribution is 2.27. The van der Waals surface area contributed by atoms with Gasteiger partial charge in [-0.1, -0.05) is 0 Å². The lowest BCUT2D eigenvalue weighted by Crippen LogP contribution is -2.00. The van der Waals surface area contributed by atoms with Crippen molar-refractivity contribution in [1.82, 2.24) is 0 Å². The fourth-order valence-corrected chi connectivity index (χ4v) is 1.59. The van der Waals surface area contributed by atoms with Crippen LogP contribution >= 0.6 is 15.9 Å². The van der Waals surface area contributed by atoms with E-state index in [0.717, 1.165) is 0 Å². The Hall–Kier alpha value is -1.10. The molecule has 1 aromatic rings. The Labute approximate surface area is 95.0 Å². The van der Waals surface area contributed by atoms with Gasteiger partial charge in [-0.3, -0.25) is 4.79 Å². The Morgan fingerprint density at radius 2 is 2.27 bits per heavy atom. The summed E-state index contributed by atoms with van der Waals surface area (Å²) in [6, 6.07) is 2.78. The van der Waals surface area contributed by atoms with Crippen LogP contribution in [0.1, 0.15) is 12.0 Å². The van der Waals surface area contributed by atoms with Crippen molar-refractivity contribution in [2.45, 2.75) is 12.8 Å². The van der Waals surface area contributed by atoms with Crippen LogP contribution < -0.4 is 4.74 Å². The predicted octanol–water partition coefficient (Wildman–Crippen LogP) is 2.61. The van der Waals surface area contributed by atoms with Crippen molar-refractivity contribution in [3.05, 3.63) is 28.0 Å². The molecule has 1 aromatic carbocycles. The molecule has 82 valence electrons. The van der Waals surface area contributed by atoms with Gasteiger partial charge < -0.3 is 9.84 Å². The van der Waals surface area contributed by atoms with Gasteiger partial charge in [0.2, 0.25) is 0 Å². The van der Waals surface area contributed by atoms with E-state index in [1.807, 2.05) is 0 Å². The van der Waals surface area contributed by atoms with Gasteiger partial charge >= 0.3 is 5.97 Å². The molecule has 15 heavy (non-hydrogen) atoms. The van der Waals surface area contributed by atoms with E-state index in [1.54, 1.807) is 0 Å². The third-order valence-electron chi connectivity index (χ3n) is 1.93. The molecule has 0 aliphatic carbocycles. The molecule has 0 bridgehead atoms. The summed E-state index contributed by atoms with van der Waals surface area (Å²) < 4.78 is 18.4. The van der Waals surface area contributed by atoms with Gasteiger partial charge in [0.1, 0.15) is 11.6 Å². The highest BCUT2D eigenvalue weighted by Gasteiger charge is 2.10. The first-order chi connectivity index (χ1) is 7.04. The summed E-state index contributed by atoms with van der Waals surface area (Å²) in [7, 11) is 1.42. The average Bonchev–Trinajstić information content (AvgIpc) is 2.19. The zero-order valence-electron chi connectivity index (χ0n) is 8.09. The first kappa shape index (κ1) is 12.0. The number of carbonyl (C=O) groups is 1. The number of carboxylic acids is 1. The molecule has 0 saturated heterocycles. The quantitative estimate of drug-likeness (QED) is 0.920. The van der Waals surface area contributed by atoms with E-state index in [2.05, 4.69) is 15.9 Å². The number of ether oxygens (including phenoxy) is 1. The summed E-state index contributed by atoms with van der Waals surface area (Å²) >= 11 is 3.04. The highest BCUT2D eigenvalue weighted by molar-refractivity contribution is 9.10. The molecule has 5 heteroatoms. The lowest BCUT2D eigenvalue weighted by molar-refractivity contribution is -0.136. The minimum Gasteiger partial charge on any atom is -0.496 e. The van der Waals surface area contributed by atoms with Crippen LogP contribution in [0.25, 0.3) is 0 Å². The zero-order valence-corrected chi connectivity index (χ0v) is 9.67. The number of aliphatic carboxylic acids is 1. The van der Waals surface area contributed by atoms with E-state index in [1.165, 1.54) is 19.2 Å². The number of hydrogen-bond acceptors (Lipinski definition) is 2. The van der Waals surface area contributed by atoms with Gasteiger partial charge in [0.05, 0.1) is 11.6 Å². The topological polar surface area (TPSA) is 46.5 Å². The van der Waals surface area contributed by atoms with E-state index < -0.39 is 11.8 Å². The molecular formula is C10H10BrFO3. The third kappa shape index (κ3) is 3.20. The molecule has 3 nitrogen and oxygen atoms in total. The second-order valence-corrected chi connectivity index (χ2v) is 3.83. The second-order valence-electron chi connectivity index (χ2n) is 2.97. The molecule has 0 amide bonds. The lowest BCUT2D eigenvalue weighted by Gasteiger charge is -2.08. The molecule has 0 spiro atoms. The highest BCUT2D eigenvalue weighted by atomic mass is 79.9. The molecule has 0 unspecified atom stereocenters. The maximum atomic E-state index is 13.1. The van der Waals surface area contributed by atoms with E-state index >= 15 is 0 Å². The number of benzene rings is 1. The van der Waals surface area contributed by atoms with Crippen LogP contribution in [0.15, 0.2) is 16.6 Å². The van der Waals surface area contributed by atoms with Gasteiger partial charge in [0, 0.05) is 12.5 Å². The van der Waals surface area contributed by atoms with Crippen LogP contribution in [0.2, 0.25) is 0 Å². The normalized spacial score (nSPS) is 10.1. The molecule has 0 aliphatic rings. The molecule has 0 aromatic heterocycles. The number of halogens is 2. The first-order valence-electron chi connectivity index (χ1n) is 4.28. The minimum absolute atomic E-state index is 0.00552. The van der Waals surface area contributed by atoms with Crippen LogP contribution in [0.5, 0.6) is 5.75 Å². The summed E-state index contributed by atoms with van der Waals surface area (Å²) in [6.45, 7) is 0. The van der Waals surface area contributed by atoms with Crippen LogP contribution in [-0.4, -0.2) is 18.2 Å². The van der Waals surface area contributed by atoms with E-state index in [4.69, 9.17) is 9.84 Å². The Bertz CT molecular complexity index is 379. The van der Waals surface area contributed by atoms with Gasteiger partial charge in [-0.05, 0) is 34.0 Å². The van der Waals surface area contributed by atoms with Gasteiger partial charge in [0.25, 0.3) is 0 Å². The molecule has 0 saturated carbocycles. The Balaban J connectivity index is 2.94. The van der Waals surface area contributed by atoms with Crippen molar-refractivity contribution in [2.24, 2.45) is 0 Å². The van der Waals surface area contributed by atoms with Gasteiger partial charge in [-0.2, -0.15) is 0 Å². The van der Waals surface area contributed by atoms with Crippen molar-refractivity contribution in [3.8, 4) is 5.75 Å². The van der Waals surface area contributed by atoms with Crippen LogP contribution in [0.3, 0.4) is 0 Å². The van der Waals surface area contributed by atoms with Crippen molar-refractivity contribution >= 4 is 21.9 Å². The molecule has 0 radical (unpaired) electrons. The first-order valence-corrected chi connectivity index (χ1v) is 5.07. The molecular weight excluding hydrogens is 267 g/mol. The predicted molar refractivity (Wildman–Crippen MR) is 56.6 cm³/mol. The monoisotopic (exact) mass is 276 g/mol. The number of hydrogen-bond donors (Lipinski definition) is 1. The standard InChI is InChI=1S/C10H10BrFO3/c1-15-9-5-8(12)7(11)4-6(9)2-3-10(13)14/h4-5H,2-3H2,1H3,(H,13,14). The minimum atomic E-state index is -0.891. The molecule has 1 N–H and O–H groups in total. The Morgan fingerprint density at radius 3 is 2.80 bits per heavy atom. The average molecular weight is 277 g/mol. The summed E-state index contributed by atoms with van der Waals surface area (Å²) in [5, 5.41) is 8.54. The van der Waals surface area contributed by atoms with Crippen molar-refractivity contribution < 1.29 is 19.0 Å². The van der Waals surface area contributed by atoms with Crippen molar-refractivity contribution in [2.75, 3.05) is 7.11 Å². The fourth-order valence-electron chi connectivity index (χ4n) is 1.20. The number of carboxylic acid groups (broad SMARTS) is 1. The zero-order chi connectivity index (χ0) is 11.4. The van der Waals surface area contributed by atoms with E-state index in [9.17, 15) is 9.18 Å². The van der Waals surface area contributed by atoms with Crippen molar-refractivity contribution in [1.29, 1.82) is 0 Å². The number of rotatable bonds is 4. The van der Waals surface area contributed by atoms with Crippen LogP contribution in [0, 0.1) is 5.82 Å². The van der Waals surface area contributed by atoms with Gasteiger partial charge in [0.15, 0.2) is 0 Å². The maximum absolute atomic E-state index is 13.1. The maximum Gasteiger partial charge on any atom is 0.303 e. The van der Waals surface area contributed by atoms with Crippen LogP contribution in [0.4, 0.5) is 4.39 Å². The molecule has 0 aliphatic heterocycles. The largest absolute Gasteiger partial charge is 0.496 e. The molecule has 0 heterocycles. The summed E-state index contributed by atoms with van der Waals surface area (Å²) in [4.78, 5) is 10.4. The van der Waals surface area contributed by atoms with E-state index in [-0.39, 0.29) is 6.42 Å². The smallest absolute Gasteiger partial charge is 0.303 e. The summed E-state index contributed by atoms with van der Waals surface area (Å²) in [5.74, 6) is -0.944. The molecule has 0 atom stereocenters. The number of methoxy groups -OCH3 is 1. The fraction of sp³-hybridized carbons (Fsp3) is 0.300. The molecule has 1 rings (SSSR count). The Morgan fingerprint density at radius 1 is 1.60 bits per heavy atom. The second kappa shape index (κ2) is 5.11. The van der Waals surface area contributed by atoms with Crippen LogP contribution in [-0.2, 0) is 11.2 Å². The molecule has 0 fully saturated rings. The summed E-state index contributed by atoms with van der Waals surface area (Å²) in [6.07, 6.45) is 0.311. The van der Waals surface area contributed by atoms with E-state index in [0.29, 0.717) is 22.2 Å². The SMILES string of the molecule is COc1cc(F)c(Br)cc1CCC(=O)O. The van der Waals surface area contributed by atoms with Gasteiger partial charge in [-0.25, -0.2) is 4.39 Å². The lowest BCUT2D eigenvalue weighted by atomic mass is 10.1. The number of aryl methyl sites for hydroxylation is 1. The third-order valence-corrected chi connectivity index (χ3v) is 2.54. The summed E-state index contributed by atoms with van der Waals surface area (Å²) in [5.41, 5.74) is 0.674.